The molecule has 0 saturated carbocycles. The van der Waals surface area contributed by atoms with E-state index in [1.165, 1.54) is 0 Å². The molecule has 1 aromatic carbocycles. The van der Waals surface area contributed by atoms with E-state index >= 15 is 0 Å². The summed E-state index contributed by atoms with van der Waals surface area (Å²) >= 11 is 0. The number of para-hydroxylation sites is 1. The van der Waals surface area contributed by atoms with Crippen molar-refractivity contribution in [2.45, 2.75) is 27.3 Å². The first-order valence-electron chi connectivity index (χ1n) is 6.61. The summed E-state index contributed by atoms with van der Waals surface area (Å²) in [6, 6.07) is 13.9. The first-order valence-corrected chi connectivity index (χ1v) is 6.61. The van der Waals surface area contributed by atoms with Gasteiger partial charge in [0, 0.05) is 23.6 Å². The lowest BCUT2D eigenvalue weighted by molar-refractivity contribution is -0.119. The zero-order chi connectivity index (χ0) is 13.8. The van der Waals surface area contributed by atoms with Gasteiger partial charge in [0.1, 0.15) is 6.54 Å². The van der Waals surface area contributed by atoms with Crippen LogP contribution in [0.25, 0.3) is 0 Å². The minimum atomic E-state index is 0.121. The zero-order valence-corrected chi connectivity index (χ0v) is 11.8. The number of carbonyl (C=O) groups is 1. The summed E-state index contributed by atoms with van der Waals surface area (Å²) in [6.45, 7) is 7.13. The number of aromatic nitrogens is 1. The molecule has 0 fully saturated rings. The van der Waals surface area contributed by atoms with Gasteiger partial charge in [0.25, 0.3) is 0 Å². The van der Waals surface area contributed by atoms with Crippen LogP contribution >= 0.6 is 0 Å². The molecule has 0 spiro atoms. The maximum absolute atomic E-state index is 12.5. The van der Waals surface area contributed by atoms with Crippen LogP contribution in [0.3, 0.4) is 0 Å². The molecule has 0 radical (unpaired) electrons. The van der Waals surface area contributed by atoms with Crippen molar-refractivity contribution in [3.8, 4) is 0 Å². The maximum Gasteiger partial charge on any atom is 0.246 e. The highest BCUT2D eigenvalue weighted by Gasteiger charge is 2.15. The average molecular weight is 256 g/mol. The predicted octanol–water partition coefficient (Wildman–Crippen LogP) is 3.16. The summed E-state index contributed by atoms with van der Waals surface area (Å²) in [7, 11) is 0. The van der Waals surface area contributed by atoms with Crippen LogP contribution < -0.4 is 4.90 Å². The molecular formula is C16H20N2O. The Bertz CT molecular complexity index is 538. The highest BCUT2D eigenvalue weighted by molar-refractivity contribution is 5.93. The van der Waals surface area contributed by atoms with Gasteiger partial charge in [0.2, 0.25) is 5.91 Å². The summed E-state index contributed by atoms with van der Waals surface area (Å²) in [4.78, 5) is 14.3. The number of amides is 1. The molecule has 0 bridgehead atoms. The Morgan fingerprint density at radius 3 is 2.16 bits per heavy atom. The van der Waals surface area contributed by atoms with Gasteiger partial charge < -0.3 is 9.47 Å². The van der Waals surface area contributed by atoms with E-state index in [2.05, 4.69) is 0 Å². The summed E-state index contributed by atoms with van der Waals surface area (Å²) in [6.07, 6.45) is 0. The highest BCUT2D eigenvalue weighted by Crippen LogP contribution is 2.15. The number of hydrogen-bond acceptors (Lipinski definition) is 1. The van der Waals surface area contributed by atoms with E-state index in [1.807, 2.05) is 72.7 Å². The summed E-state index contributed by atoms with van der Waals surface area (Å²) in [5.41, 5.74) is 3.20. The molecule has 0 N–H and O–H groups in total. The van der Waals surface area contributed by atoms with E-state index in [1.54, 1.807) is 0 Å². The Labute approximate surface area is 114 Å². The fourth-order valence-corrected chi connectivity index (χ4v) is 2.28. The molecular weight excluding hydrogens is 236 g/mol. The van der Waals surface area contributed by atoms with Crippen LogP contribution in [0.15, 0.2) is 42.5 Å². The Morgan fingerprint density at radius 2 is 1.63 bits per heavy atom. The fourth-order valence-electron chi connectivity index (χ4n) is 2.28. The van der Waals surface area contributed by atoms with Gasteiger partial charge in [-0.05, 0) is 45.0 Å². The van der Waals surface area contributed by atoms with Gasteiger partial charge in [0.15, 0.2) is 0 Å². The van der Waals surface area contributed by atoms with Crippen molar-refractivity contribution in [3.05, 3.63) is 53.9 Å². The van der Waals surface area contributed by atoms with E-state index < -0.39 is 0 Å². The maximum atomic E-state index is 12.5. The Morgan fingerprint density at radius 1 is 1.05 bits per heavy atom. The second kappa shape index (κ2) is 5.74. The summed E-state index contributed by atoms with van der Waals surface area (Å²) < 4.78 is 2.05. The van der Waals surface area contributed by atoms with Crippen LogP contribution in [0.2, 0.25) is 0 Å². The standard InChI is InChI=1S/C16H20N2O/c1-4-17(15-8-6-5-7-9-15)16(19)12-18-13(2)10-11-14(18)3/h5-11H,4,12H2,1-3H3. The summed E-state index contributed by atoms with van der Waals surface area (Å²) in [5.74, 6) is 0.121. The van der Waals surface area contributed by atoms with Crippen molar-refractivity contribution in [3.63, 3.8) is 0 Å². The molecule has 3 heteroatoms. The lowest BCUT2D eigenvalue weighted by atomic mass is 10.3. The van der Waals surface area contributed by atoms with E-state index in [0.29, 0.717) is 13.1 Å². The van der Waals surface area contributed by atoms with Gasteiger partial charge in [-0.3, -0.25) is 4.79 Å². The van der Waals surface area contributed by atoms with E-state index in [0.717, 1.165) is 17.1 Å². The molecule has 0 aliphatic heterocycles. The number of carbonyl (C=O) groups excluding carboxylic acids is 1. The number of aryl methyl sites for hydroxylation is 2. The predicted molar refractivity (Wildman–Crippen MR) is 78.4 cm³/mol. The van der Waals surface area contributed by atoms with Gasteiger partial charge in [-0.1, -0.05) is 18.2 Å². The second-order valence-electron chi connectivity index (χ2n) is 4.68. The van der Waals surface area contributed by atoms with Gasteiger partial charge >= 0.3 is 0 Å². The SMILES string of the molecule is CCN(C(=O)Cn1c(C)ccc1C)c1ccccc1. The molecule has 0 aliphatic carbocycles. The molecule has 2 aromatic rings. The van der Waals surface area contributed by atoms with E-state index in [-0.39, 0.29) is 5.91 Å². The van der Waals surface area contributed by atoms with E-state index in [4.69, 9.17) is 0 Å². The number of benzene rings is 1. The van der Waals surface area contributed by atoms with Crippen LogP contribution in [0.4, 0.5) is 5.69 Å². The van der Waals surface area contributed by atoms with Crippen LogP contribution in [0.1, 0.15) is 18.3 Å². The van der Waals surface area contributed by atoms with Crippen LogP contribution in [0, 0.1) is 13.8 Å². The number of rotatable bonds is 4. The third-order valence-corrected chi connectivity index (χ3v) is 3.40. The molecule has 0 saturated heterocycles. The van der Waals surface area contributed by atoms with E-state index in [9.17, 15) is 4.79 Å². The van der Waals surface area contributed by atoms with Crippen LogP contribution in [-0.4, -0.2) is 17.0 Å². The molecule has 0 unspecified atom stereocenters. The van der Waals surface area contributed by atoms with Crippen LogP contribution in [0.5, 0.6) is 0 Å². The largest absolute Gasteiger partial charge is 0.340 e. The quantitative estimate of drug-likeness (QED) is 0.825. The van der Waals surface area contributed by atoms with Crippen molar-refractivity contribution < 1.29 is 4.79 Å². The molecule has 0 atom stereocenters. The lowest BCUT2D eigenvalue weighted by Crippen LogP contribution is -2.34. The van der Waals surface area contributed by atoms with Gasteiger partial charge in [-0.15, -0.1) is 0 Å². The molecule has 0 aliphatic rings. The number of likely N-dealkylation sites (N-methyl/N-ethyl adjacent to an activating group) is 1. The lowest BCUT2D eigenvalue weighted by Gasteiger charge is -2.22. The van der Waals surface area contributed by atoms with Gasteiger partial charge in [-0.2, -0.15) is 0 Å². The van der Waals surface area contributed by atoms with Crippen molar-refractivity contribution in [1.82, 2.24) is 4.57 Å². The third-order valence-electron chi connectivity index (χ3n) is 3.40. The molecule has 2 rings (SSSR count). The van der Waals surface area contributed by atoms with Crippen molar-refractivity contribution in [2.24, 2.45) is 0 Å². The molecule has 100 valence electrons. The van der Waals surface area contributed by atoms with Gasteiger partial charge in [-0.25, -0.2) is 0 Å². The molecule has 3 nitrogen and oxygen atoms in total. The fraction of sp³-hybridized carbons (Fsp3) is 0.312. The molecule has 1 heterocycles. The van der Waals surface area contributed by atoms with Crippen molar-refractivity contribution >= 4 is 11.6 Å². The Hall–Kier alpha value is -2.03. The number of hydrogen-bond donors (Lipinski definition) is 0. The topological polar surface area (TPSA) is 25.2 Å². The normalized spacial score (nSPS) is 10.5. The number of anilines is 1. The first-order chi connectivity index (χ1) is 9.13. The smallest absolute Gasteiger partial charge is 0.246 e. The van der Waals surface area contributed by atoms with Crippen LogP contribution in [-0.2, 0) is 11.3 Å². The Kier molecular flexibility index (Phi) is 4.05. The first kappa shape index (κ1) is 13.4. The Balaban J connectivity index is 2.19. The number of nitrogens with zero attached hydrogens (tertiary/aromatic N) is 2. The van der Waals surface area contributed by atoms with Crippen molar-refractivity contribution in [2.75, 3.05) is 11.4 Å². The minimum Gasteiger partial charge on any atom is -0.340 e. The average Bonchev–Trinajstić information content (AvgIpc) is 2.73. The highest BCUT2D eigenvalue weighted by atomic mass is 16.2. The van der Waals surface area contributed by atoms with Gasteiger partial charge in [0.05, 0.1) is 0 Å². The van der Waals surface area contributed by atoms with Crippen molar-refractivity contribution in [1.29, 1.82) is 0 Å². The molecule has 1 aromatic heterocycles. The zero-order valence-electron chi connectivity index (χ0n) is 11.8. The minimum absolute atomic E-state index is 0.121. The molecule has 1 amide bonds. The molecule has 19 heavy (non-hydrogen) atoms. The summed E-state index contributed by atoms with van der Waals surface area (Å²) in [5, 5.41) is 0. The second-order valence-corrected chi connectivity index (χ2v) is 4.68. The monoisotopic (exact) mass is 256 g/mol. The third kappa shape index (κ3) is 2.87.